The zero-order valence-corrected chi connectivity index (χ0v) is 11.7. The molecule has 2 aromatic carbocycles. The first-order valence-electron chi connectivity index (χ1n) is 5.75. The van der Waals surface area contributed by atoms with Crippen molar-refractivity contribution in [3.63, 3.8) is 0 Å². The molecule has 0 aliphatic rings. The number of fused-ring (bicyclic) bond motifs is 1. The van der Waals surface area contributed by atoms with Gasteiger partial charge in [-0.3, -0.25) is 4.57 Å². The minimum Gasteiger partial charge on any atom is -0.399 e. The fraction of sp³-hybridized carbons (Fsp3) is 0.0714. The second-order valence-corrected chi connectivity index (χ2v) is 5.24. The van der Waals surface area contributed by atoms with E-state index in [9.17, 15) is 0 Å². The first kappa shape index (κ1) is 12.3. The number of imidazole rings is 1. The summed E-state index contributed by atoms with van der Waals surface area (Å²) in [5, 5.41) is 1.19. The van der Waals surface area contributed by atoms with E-state index < -0.39 is 0 Å². The van der Waals surface area contributed by atoms with Gasteiger partial charge < -0.3 is 5.73 Å². The Morgan fingerprint density at radius 3 is 2.42 bits per heavy atom. The number of nitrogen functional groups attached to an aromatic ring is 1. The molecule has 0 radical (unpaired) electrons. The van der Waals surface area contributed by atoms with Crippen LogP contribution in [0, 0.1) is 6.92 Å². The molecule has 0 spiro atoms. The lowest BCUT2D eigenvalue weighted by molar-refractivity contribution is 1.00. The quantitative estimate of drug-likeness (QED) is 0.682. The van der Waals surface area contributed by atoms with Crippen LogP contribution in [0.4, 0.5) is 5.69 Å². The fourth-order valence-corrected chi connectivity index (χ4v) is 2.73. The highest BCUT2D eigenvalue weighted by Gasteiger charge is 2.10. The van der Waals surface area contributed by atoms with E-state index in [0.29, 0.717) is 15.7 Å². The van der Waals surface area contributed by atoms with E-state index >= 15 is 0 Å². The Labute approximate surface area is 120 Å². The molecule has 0 bridgehead atoms. The van der Waals surface area contributed by atoms with Crippen LogP contribution in [0.15, 0.2) is 36.4 Å². The average molecular weight is 292 g/mol. The van der Waals surface area contributed by atoms with Gasteiger partial charge in [-0.05, 0) is 43.3 Å². The molecule has 0 amide bonds. The number of hydrogen-bond donors (Lipinski definition) is 1. The number of nitrogens with zero attached hydrogens (tertiary/aromatic N) is 2. The largest absolute Gasteiger partial charge is 0.399 e. The van der Waals surface area contributed by atoms with Gasteiger partial charge in [0.1, 0.15) is 5.82 Å². The van der Waals surface area contributed by atoms with Crippen LogP contribution in [0.2, 0.25) is 10.0 Å². The fourth-order valence-electron chi connectivity index (χ4n) is 2.21. The average Bonchev–Trinajstić information content (AvgIpc) is 2.62. The van der Waals surface area contributed by atoms with Crippen LogP contribution < -0.4 is 5.73 Å². The summed E-state index contributed by atoms with van der Waals surface area (Å²) >= 11 is 12.1. The Hall–Kier alpha value is -1.71. The van der Waals surface area contributed by atoms with Gasteiger partial charge in [0.05, 0.1) is 16.7 Å². The van der Waals surface area contributed by atoms with Gasteiger partial charge in [-0.15, -0.1) is 0 Å². The molecule has 2 N–H and O–H groups in total. The molecule has 0 atom stereocenters. The summed E-state index contributed by atoms with van der Waals surface area (Å²) < 4.78 is 2.01. The molecule has 3 nitrogen and oxygen atoms in total. The van der Waals surface area contributed by atoms with E-state index in [0.717, 1.165) is 22.5 Å². The molecule has 0 saturated heterocycles. The SMILES string of the molecule is Cc1nc2cc(N)ccc2n1-c1cc(Cl)cc(Cl)c1. The number of halogens is 2. The number of hydrogen-bond acceptors (Lipinski definition) is 2. The van der Waals surface area contributed by atoms with E-state index in [-0.39, 0.29) is 0 Å². The number of benzene rings is 2. The minimum absolute atomic E-state index is 0.596. The number of anilines is 1. The summed E-state index contributed by atoms with van der Waals surface area (Å²) in [5.41, 5.74) is 9.20. The van der Waals surface area contributed by atoms with Gasteiger partial charge in [0.25, 0.3) is 0 Å². The van der Waals surface area contributed by atoms with Crippen molar-refractivity contribution >= 4 is 39.9 Å². The van der Waals surface area contributed by atoms with Crippen LogP contribution in [0.3, 0.4) is 0 Å². The summed E-state index contributed by atoms with van der Waals surface area (Å²) in [6.45, 7) is 1.94. The second kappa shape index (κ2) is 4.44. The van der Waals surface area contributed by atoms with E-state index in [1.165, 1.54) is 0 Å². The van der Waals surface area contributed by atoms with Crippen molar-refractivity contribution in [1.82, 2.24) is 9.55 Å². The van der Waals surface area contributed by atoms with E-state index in [1.807, 2.05) is 41.8 Å². The van der Waals surface area contributed by atoms with Crippen molar-refractivity contribution in [1.29, 1.82) is 0 Å². The monoisotopic (exact) mass is 291 g/mol. The van der Waals surface area contributed by atoms with Crippen molar-refractivity contribution in [3.8, 4) is 5.69 Å². The molecule has 3 aromatic rings. The molecule has 0 aliphatic heterocycles. The minimum atomic E-state index is 0.596. The summed E-state index contributed by atoms with van der Waals surface area (Å²) in [6.07, 6.45) is 0. The summed E-state index contributed by atoms with van der Waals surface area (Å²) in [7, 11) is 0. The van der Waals surface area contributed by atoms with Gasteiger partial charge in [-0.1, -0.05) is 23.2 Å². The van der Waals surface area contributed by atoms with Gasteiger partial charge >= 0.3 is 0 Å². The third-order valence-electron chi connectivity index (χ3n) is 2.95. The highest BCUT2D eigenvalue weighted by atomic mass is 35.5. The van der Waals surface area contributed by atoms with Gasteiger partial charge in [-0.25, -0.2) is 4.98 Å². The molecule has 96 valence electrons. The van der Waals surface area contributed by atoms with Crippen molar-refractivity contribution in [2.24, 2.45) is 0 Å². The molecule has 19 heavy (non-hydrogen) atoms. The Morgan fingerprint density at radius 2 is 1.74 bits per heavy atom. The van der Waals surface area contributed by atoms with Crippen molar-refractivity contribution < 1.29 is 0 Å². The first-order valence-corrected chi connectivity index (χ1v) is 6.51. The van der Waals surface area contributed by atoms with Gasteiger partial charge in [0.2, 0.25) is 0 Å². The molecule has 0 fully saturated rings. The highest BCUT2D eigenvalue weighted by molar-refractivity contribution is 6.34. The van der Waals surface area contributed by atoms with Gasteiger partial charge in [-0.2, -0.15) is 0 Å². The maximum absolute atomic E-state index is 6.06. The van der Waals surface area contributed by atoms with E-state index in [2.05, 4.69) is 4.98 Å². The Balaban J connectivity index is 2.32. The second-order valence-electron chi connectivity index (χ2n) is 4.37. The van der Waals surface area contributed by atoms with Gasteiger partial charge in [0, 0.05) is 15.7 Å². The molecule has 1 aromatic heterocycles. The van der Waals surface area contributed by atoms with E-state index in [1.54, 1.807) is 6.07 Å². The Bertz CT molecular complexity index is 757. The smallest absolute Gasteiger partial charge is 0.111 e. The highest BCUT2D eigenvalue weighted by Crippen LogP contribution is 2.27. The van der Waals surface area contributed by atoms with Crippen LogP contribution in [0.25, 0.3) is 16.7 Å². The topological polar surface area (TPSA) is 43.8 Å². The van der Waals surface area contributed by atoms with Crippen LogP contribution in [0.5, 0.6) is 0 Å². The van der Waals surface area contributed by atoms with Gasteiger partial charge in [0.15, 0.2) is 0 Å². The number of nitrogens with two attached hydrogens (primary N) is 1. The number of aromatic nitrogens is 2. The van der Waals surface area contributed by atoms with Crippen molar-refractivity contribution in [2.75, 3.05) is 5.73 Å². The predicted molar refractivity (Wildman–Crippen MR) is 80.2 cm³/mol. The van der Waals surface area contributed by atoms with Crippen LogP contribution in [0.1, 0.15) is 5.82 Å². The normalized spacial score (nSPS) is 11.1. The summed E-state index contributed by atoms with van der Waals surface area (Å²) in [4.78, 5) is 4.51. The summed E-state index contributed by atoms with van der Waals surface area (Å²) in [6, 6.07) is 11.1. The molecule has 0 aliphatic carbocycles. The third-order valence-corrected chi connectivity index (χ3v) is 3.39. The molecule has 3 rings (SSSR count). The third kappa shape index (κ3) is 2.15. The molecule has 0 saturated carbocycles. The van der Waals surface area contributed by atoms with Crippen LogP contribution in [-0.2, 0) is 0 Å². The zero-order chi connectivity index (χ0) is 13.6. The lowest BCUT2D eigenvalue weighted by Gasteiger charge is -2.08. The molecular weight excluding hydrogens is 281 g/mol. The van der Waals surface area contributed by atoms with Crippen molar-refractivity contribution in [3.05, 3.63) is 52.3 Å². The summed E-state index contributed by atoms with van der Waals surface area (Å²) in [5.74, 6) is 0.860. The molecule has 1 heterocycles. The predicted octanol–water partition coefficient (Wildman–Crippen LogP) is 4.22. The Morgan fingerprint density at radius 1 is 1.05 bits per heavy atom. The van der Waals surface area contributed by atoms with Crippen LogP contribution >= 0.6 is 23.2 Å². The molecular formula is C14H11Cl2N3. The number of aryl methyl sites for hydroxylation is 1. The molecule has 0 unspecified atom stereocenters. The standard InChI is InChI=1S/C14H11Cl2N3/c1-8-18-13-7-11(17)2-3-14(13)19(8)12-5-9(15)4-10(16)6-12/h2-7H,17H2,1H3. The lowest BCUT2D eigenvalue weighted by Crippen LogP contribution is -1.97. The van der Waals surface area contributed by atoms with E-state index in [4.69, 9.17) is 28.9 Å². The Kier molecular flexibility index (Phi) is 2.88. The molecule has 5 heteroatoms. The lowest BCUT2D eigenvalue weighted by atomic mass is 10.2. The maximum atomic E-state index is 6.06. The first-order chi connectivity index (χ1) is 9.04. The maximum Gasteiger partial charge on any atom is 0.111 e. The zero-order valence-electron chi connectivity index (χ0n) is 10.2. The van der Waals surface area contributed by atoms with Crippen LogP contribution in [-0.4, -0.2) is 9.55 Å². The number of rotatable bonds is 1. The van der Waals surface area contributed by atoms with Crippen molar-refractivity contribution in [2.45, 2.75) is 6.92 Å².